The summed E-state index contributed by atoms with van der Waals surface area (Å²) in [7, 11) is 0. The topological polar surface area (TPSA) is 46.2 Å². The van der Waals surface area contributed by atoms with Gasteiger partial charge in [0.15, 0.2) is 0 Å². The highest BCUT2D eigenvalue weighted by molar-refractivity contribution is 6.01. The minimum atomic E-state index is 0.128. The van der Waals surface area contributed by atoms with Gasteiger partial charge in [0.25, 0.3) is 0 Å². The van der Waals surface area contributed by atoms with Gasteiger partial charge in [-0.2, -0.15) is 0 Å². The second-order valence-corrected chi connectivity index (χ2v) is 4.93. The standard InChI is InChI=1S/C8H12O2.C5H11N/c1-2-6-3-7(9)5-8(10)4-6;1-5-3-2-4-6-5/h6H,2-5H2,1H3;5-6H,2-4H2,1H3. The minimum Gasteiger partial charge on any atom is -0.314 e. The Balaban J connectivity index is 0.000000181. The average Bonchev–Trinajstić information content (AvgIpc) is 2.68. The van der Waals surface area contributed by atoms with Crippen molar-refractivity contribution < 1.29 is 9.59 Å². The van der Waals surface area contributed by atoms with Gasteiger partial charge >= 0.3 is 0 Å². The Kier molecular flexibility index (Phi) is 5.67. The quantitative estimate of drug-likeness (QED) is 0.695. The molecule has 1 atom stereocenters. The van der Waals surface area contributed by atoms with Gasteiger partial charge in [0.1, 0.15) is 11.6 Å². The van der Waals surface area contributed by atoms with Crippen molar-refractivity contribution in [3.05, 3.63) is 0 Å². The molecule has 0 spiro atoms. The fraction of sp³-hybridized carbons (Fsp3) is 0.846. The average molecular weight is 225 g/mol. The van der Waals surface area contributed by atoms with Crippen LogP contribution >= 0.6 is 0 Å². The Hall–Kier alpha value is -0.700. The van der Waals surface area contributed by atoms with Gasteiger partial charge in [-0.05, 0) is 32.2 Å². The first kappa shape index (κ1) is 13.4. The van der Waals surface area contributed by atoms with Crippen molar-refractivity contribution in [1.29, 1.82) is 0 Å². The molecule has 1 heterocycles. The highest BCUT2D eigenvalue weighted by Crippen LogP contribution is 2.20. The van der Waals surface area contributed by atoms with Crippen LogP contribution in [0.1, 0.15) is 52.4 Å². The highest BCUT2D eigenvalue weighted by atomic mass is 16.1. The summed E-state index contributed by atoms with van der Waals surface area (Å²) in [5, 5.41) is 3.32. The van der Waals surface area contributed by atoms with Crippen LogP contribution in [0.4, 0.5) is 0 Å². The van der Waals surface area contributed by atoms with E-state index in [1.54, 1.807) is 0 Å². The van der Waals surface area contributed by atoms with Crippen molar-refractivity contribution in [2.75, 3.05) is 6.54 Å². The van der Waals surface area contributed by atoms with Gasteiger partial charge in [0.05, 0.1) is 6.42 Å². The molecule has 16 heavy (non-hydrogen) atoms. The molecule has 0 amide bonds. The molecule has 0 radical (unpaired) electrons. The van der Waals surface area contributed by atoms with Crippen molar-refractivity contribution in [3.8, 4) is 0 Å². The number of hydrogen-bond donors (Lipinski definition) is 1. The van der Waals surface area contributed by atoms with Gasteiger partial charge in [-0.3, -0.25) is 9.59 Å². The fourth-order valence-corrected chi connectivity index (χ4v) is 2.23. The van der Waals surface area contributed by atoms with Gasteiger partial charge in [0.2, 0.25) is 0 Å². The molecule has 1 aliphatic heterocycles. The lowest BCUT2D eigenvalue weighted by Gasteiger charge is -2.17. The Bertz CT molecular complexity index is 228. The first-order valence-corrected chi connectivity index (χ1v) is 6.38. The third kappa shape index (κ3) is 4.88. The molecule has 0 bridgehead atoms. The number of nitrogens with one attached hydrogen (secondary N) is 1. The molecular formula is C13H23NO2. The predicted octanol–water partition coefficient (Wildman–Crippen LogP) is 2.09. The number of ketones is 2. The van der Waals surface area contributed by atoms with E-state index < -0.39 is 0 Å². The van der Waals surface area contributed by atoms with E-state index in [2.05, 4.69) is 12.2 Å². The van der Waals surface area contributed by atoms with E-state index in [9.17, 15) is 9.59 Å². The molecule has 2 rings (SSSR count). The molecule has 2 aliphatic rings. The zero-order valence-corrected chi connectivity index (χ0v) is 10.4. The zero-order chi connectivity index (χ0) is 12.0. The number of carbonyl (C=O) groups is 2. The minimum absolute atomic E-state index is 0.128. The van der Waals surface area contributed by atoms with E-state index in [-0.39, 0.29) is 18.0 Å². The maximum atomic E-state index is 10.8. The lowest BCUT2D eigenvalue weighted by Crippen LogP contribution is -2.21. The molecule has 3 heteroatoms. The molecule has 1 unspecified atom stereocenters. The van der Waals surface area contributed by atoms with Crippen LogP contribution < -0.4 is 5.32 Å². The molecule has 0 aromatic heterocycles. The molecular weight excluding hydrogens is 202 g/mol. The fourth-order valence-electron chi connectivity index (χ4n) is 2.23. The molecule has 0 aromatic rings. The van der Waals surface area contributed by atoms with Crippen molar-refractivity contribution in [3.63, 3.8) is 0 Å². The summed E-state index contributed by atoms with van der Waals surface area (Å²) in [6.07, 6.45) is 5.15. The van der Waals surface area contributed by atoms with Crippen LogP contribution in [-0.4, -0.2) is 24.2 Å². The maximum Gasteiger partial charge on any atom is 0.140 e. The van der Waals surface area contributed by atoms with Crippen LogP contribution in [-0.2, 0) is 9.59 Å². The van der Waals surface area contributed by atoms with Gasteiger partial charge < -0.3 is 5.32 Å². The van der Waals surface area contributed by atoms with Gasteiger partial charge in [0, 0.05) is 18.9 Å². The van der Waals surface area contributed by atoms with E-state index in [0.29, 0.717) is 18.8 Å². The van der Waals surface area contributed by atoms with Crippen LogP contribution in [0.5, 0.6) is 0 Å². The van der Waals surface area contributed by atoms with Gasteiger partial charge in [-0.1, -0.05) is 13.3 Å². The molecule has 1 saturated carbocycles. The van der Waals surface area contributed by atoms with Crippen molar-refractivity contribution in [2.45, 2.75) is 58.4 Å². The summed E-state index contributed by atoms with van der Waals surface area (Å²) in [5.74, 6) is 0.597. The number of rotatable bonds is 1. The van der Waals surface area contributed by atoms with E-state index >= 15 is 0 Å². The first-order valence-electron chi connectivity index (χ1n) is 6.38. The molecule has 1 aliphatic carbocycles. The van der Waals surface area contributed by atoms with Crippen LogP contribution in [0.25, 0.3) is 0 Å². The Morgan fingerprint density at radius 2 is 1.88 bits per heavy atom. The Morgan fingerprint density at radius 3 is 2.19 bits per heavy atom. The van der Waals surface area contributed by atoms with E-state index in [4.69, 9.17) is 0 Å². The summed E-state index contributed by atoms with van der Waals surface area (Å²) in [6, 6.07) is 0.796. The summed E-state index contributed by atoms with van der Waals surface area (Å²) < 4.78 is 0. The van der Waals surface area contributed by atoms with Crippen molar-refractivity contribution >= 4 is 11.6 Å². The van der Waals surface area contributed by atoms with E-state index in [0.717, 1.165) is 12.5 Å². The molecule has 1 N–H and O–H groups in total. The van der Waals surface area contributed by atoms with Crippen molar-refractivity contribution in [1.82, 2.24) is 5.32 Å². The third-order valence-electron chi connectivity index (χ3n) is 3.31. The lowest BCUT2D eigenvalue weighted by molar-refractivity contribution is -0.131. The normalized spacial score (nSPS) is 26.5. The van der Waals surface area contributed by atoms with Crippen LogP contribution in [0.3, 0.4) is 0 Å². The SMILES string of the molecule is CC1CCCN1.CCC1CC(=O)CC(=O)C1. The van der Waals surface area contributed by atoms with E-state index in [1.807, 2.05) is 6.92 Å². The Labute approximate surface area is 98.0 Å². The molecule has 0 aromatic carbocycles. The molecule has 92 valence electrons. The Morgan fingerprint density at radius 1 is 1.25 bits per heavy atom. The largest absolute Gasteiger partial charge is 0.314 e. The molecule has 3 nitrogen and oxygen atoms in total. The van der Waals surface area contributed by atoms with Gasteiger partial charge in [-0.25, -0.2) is 0 Å². The summed E-state index contributed by atoms with van der Waals surface area (Å²) in [5.41, 5.74) is 0. The molecule has 1 saturated heterocycles. The van der Waals surface area contributed by atoms with Crippen molar-refractivity contribution in [2.24, 2.45) is 5.92 Å². The number of Topliss-reactive ketones (excluding diaryl/α,β-unsaturated/α-hetero) is 2. The van der Waals surface area contributed by atoms with E-state index in [1.165, 1.54) is 19.4 Å². The maximum absolute atomic E-state index is 10.8. The second-order valence-electron chi connectivity index (χ2n) is 4.93. The predicted molar refractivity (Wildman–Crippen MR) is 64.3 cm³/mol. The van der Waals surface area contributed by atoms with Crippen LogP contribution in [0.2, 0.25) is 0 Å². The smallest absolute Gasteiger partial charge is 0.140 e. The third-order valence-corrected chi connectivity index (χ3v) is 3.31. The summed E-state index contributed by atoms with van der Waals surface area (Å²) in [6.45, 7) is 5.49. The van der Waals surface area contributed by atoms with Gasteiger partial charge in [-0.15, -0.1) is 0 Å². The second kappa shape index (κ2) is 6.79. The van der Waals surface area contributed by atoms with Crippen LogP contribution in [0, 0.1) is 5.92 Å². The first-order chi connectivity index (χ1) is 7.61. The lowest BCUT2D eigenvalue weighted by atomic mass is 9.86. The van der Waals surface area contributed by atoms with Crippen LogP contribution in [0.15, 0.2) is 0 Å². The number of hydrogen-bond acceptors (Lipinski definition) is 3. The highest BCUT2D eigenvalue weighted by Gasteiger charge is 2.23. The molecule has 2 fully saturated rings. The summed E-state index contributed by atoms with van der Waals surface area (Å²) >= 11 is 0. The zero-order valence-electron chi connectivity index (χ0n) is 10.4. The number of carbonyl (C=O) groups excluding carboxylic acids is 2. The monoisotopic (exact) mass is 225 g/mol. The summed E-state index contributed by atoms with van der Waals surface area (Å²) in [4.78, 5) is 21.6.